The fourth-order valence-corrected chi connectivity index (χ4v) is 3.70. The van der Waals surface area contributed by atoms with E-state index in [4.69, 9.17) is 4.74 Å². The van der Waals surface area contributed by atoms with E-state index in [2.05, 4.69) is 10.1 Å². The van der Waals surface area contributed by atoms with Crippen molar-refractivity contribution >= 4 is 22.7 Å². The van der Waals surface area contributed by atoms with Crippen molar-refractivity contribution in [2.75, 3.05) is 24.6 Å². The van der Waals surface area contributed by atoms with Gasteiger partial charge in [-0.1, -0.05) is 0 Å². The summed E-state index contributed by atoms with van der Waals surface area (Å²) in [7, 11) is 1.54. The van der Waals surface area contributed by atoms with Crippen LogP contribution in [0.3, 0.4) is 0 Å². The highest BCUT2D eigenvalue weighted by atomic mass is 19.4. The molecule has 0 spiro atoms. The zero-order chi connectivity index (χ0) is 21.8. The molecule has 0 unspecified atom stereocenters. The summed E-state index contributed by atoms with van der Waals surface area (Å²) in [5.74, 6) is -0.878. The number of esters is 1. The Labute approximate surface area is 161 Å². The molecule has 1 fully saturated rings. The first-order chi connectivity index (χ1) is 13.3. The number of halogens is 6. The monoisotopic (exact) mass is 424 g/mol. The van der Waals surface area contributed by atoms with Crippen LogP contribution in [0, 0.1) is 12.3 Å². The average Bonchev–Trinajstić information content (AvgIpc) is 3.17. The third-order valence-corrected chi connectivity index (χ3v) is 5.17. The molecule has 1 aliphatic heterocycles. The lowest BCUT2D eigenvalue weighted by atomic mass is 9.85. The number of aryl methyl sites for hydroxylation is 2. The number of nitrogens with zero attached hydrogens (tertiary/aromatic N) is 4. The number of carbonyl (C=O) groups is 1. The van der Waals surface area contributed by atoms with Crippen LogP contribution < -0.4 is 4.90 Å². The Bertz CT molecular complexity index is 936. The summed E-state index contributed by atoms with van der Waals surface area (Å²) < 4.78 is 87.3. The fraction of sp³-hybridized carbons (Fsp3) is 0.588. The van der Waals surface area contributed by atoms with Crippen LogP contribution in [-0.4, -0.2) is 52.8 Å². The number of hydrogen-bond acceptors (Lipinski definition) is 5. The van der Waals surface area contributed by atoms with E-state index in [1.165, 1.54) is 18.7 Å². The molecule has 3 heterocycles. The van der Waals surface area contributed by atoms with E-state index in [1.807, 2.05) is 0 Å². The second kappa shape index (κ2) is 6.77. The number of fused-ring (bicyclic) bond motifs is 1. The number of pyridine rings is 1. The van der Waals surface area contributed by atoms with Crippen LogP contribution in [0.4, 0.5) is 32.0 Å². The topological polar surface area (TPSA) is 60.2 Å². The zero-order valence-electron chi connectivity index (χ0n) is 15.8. The molecule has 29 heavy (non-hydrogen) atoms. The van der Waals surface area contributed by atoms with Crippen molar-refractivity contribution in [1.82, 2.24) is 14.8 Å². The lowest BCUT2D eigenvalue weighted by Gasteiger charge is -2.34. The van der Waals surface area contributed by atoms with Gasteiger partial charge < -0.3 is 9.64 Å². The highest BCUT2D eigenvalue weighted by Gasteiger charge is 2.72. The van der Waals surface area contributed by atoms with Crippen molar-refractivity contribution < 1.29 is 35.9 Å². The van der Waals surface area contributed by atoms with Crippen molar-refractivity contribution in [3.05, 3.63) is 17.5 Å². The number of rotatable bonds is 3. The van der Waals surface area contributed by atoms with Gasteiger partial charge in [-0.15, -0.1) is 0 Å². The maximum Gasteiger partial charge on any atom is 0.404 e. The largest absolute Gasteiger partial charge is 0.462 e. The molecule has 160 valence electrons. The maximum atomic E-state index is 13.5. The highest BCUT2D eigenvalue weighted by molar-refractivity contribution is 6.05. The minimum Gasteiger partial charge on any atom is -0.462 e. The molecule has 1 saturated heterocycles. The average molecular weight is 424 g/mol. The summed E-state index contributed by atoms with van der Waals surface area (Å²) in [4.78, 5) is 17.4. The Morgan fingerprint density at radius 3 is 2.38 bits per heavy atom. The number of hydrogen-bond donors (Lipinski definition) is 0. The first kappa shape index (κ1) is 21.2. The summed E-state index contributed by atoms with van der Waals surface area (Å²) in [6.45, 7) is 1.16. The Morgan fingerprint density at radius 2 is 1.86 bits per heavy atom. The van der Waals surface area contributed by atoms with Crippen LogP contribution in [0.15, 0.2) is 6.20 Å². The lowest BCUT2D eigenvalue weighted by molar-refractivity contribution is -0.332. The van der Waals surface area contributed by atoms with Gasteiger partial charge in [-0.3, -0.25) is 4.68 Å². The maximum absolute atomic E-state index is 13.5. The number of ether oxygens (including phenoxy) is 1. The summed E-state index contributed by atoms with van der Waals surface area (Å²) in [6, 6.07) is 0. The van der Waals surface area contributed by atoms with E-state index >= 15 is 0 Å². The van der Waals surface area contributed by atoms with Crippen molar-refractivity contribution in [2.24, 2.45) is 12.5 Å². The molecule has 0 N–H and O–H groups in total. The molecule has 0 saturated carbocycles. The van der Waals surface area contributed by atoms with Crippen LogP contribution in [0.25, 0.3) is 11.0 Å². The number of anilines is 1. The van der Waals surface area contributed by atoms with Gasteiger partial charge in [0.1, 0.15) is 5.56 Å². The number of alkyl halides is 6. The predicted molar refractivity (Wildman–Crippen MR) is 90.6 cm³/mol. The molecule has 3 rings (SSSR count). The van der Waals surface area contributed by atoms with Gasteiger partial charge in [0.2, 0.25) is 0 Å². The van der Waals surface area contributed by atoms with Gasteiger partial charge >= 0.3 is 18.3 Å². The molecule has 2 aromatic rings. The van der Waals surface area contributed by atoms with Gasteiger partial charge in [-0.05, 0) is 20.3 Å². The highest BCUT2D eigenvalue weighted by Crippen LogP contribution is 2.56. The van der Waals surface area contributed by atoms with Crippen LogP contribution in [0.5, 0.6) is 0 Å². The molecule has 12 heteroatoms. The molecule has 0 aromatic carbocycles. The standard InChI is InChI=1S/C17H18F6N4O2/c1-4-29-14(28)10-7-24-13-11(9(2)25-26(13)3)12(10)27-6-5-15(8-27,16(18,19)20)17(21,22)23/h7H,4-6,8H2,1-3H3. The van der Waals surface area contributed by atoms with E-state index < -0.39 is 43.2 Å². The SMILES string of the molecule is CCOC(=O)c1cnc2c(c(C)nn2C)c1N1CCC(C(F)(F)F)(C(F)(F)F)C1. The van der Waals surface area contributed by atoms with E-state index in [-0.39, 0.29) is 28.9 Å². The van der Waals surface area contributed by atoms with E-state index in [0.717, 1.165) is 11.1 Å². The molecule has 1 aliphatic rings. The molecule has 0 amide bonds. The minimum atomic E-state index is -5.50. The minimum absolute atomic E-state index is 0.0165. The third-order valence-electron chi connectivity index (χ3n) is 5.17. The van der Waals surface area contributed by atoms with Gasteiger partial charge in [0.15, 0.2) is 11.1 Å². The van der Waals surface area contributed by atoms with E-state index in [0.29, 0.717) is 5.69 Å². The summed E-state index contributed by atoms with van der Waals surface area (Å²) in [5, 5.41) is 4.35. The first-order valence-corrected chi connectivity index (χ1v) is 8.72. The van der Waals surface area contributed by atoms with Gasteiger partial charge in [0.25, 0.3) is 0 Å². The molecule has 2 aromatic heterocycles. The normalized spacial score (nSPS) is 17.2. The summed E-state index contributed by atoms with van der Waals surface area (Å²) in [5.41, 5.74) is -3.60. The molecule has 0 radical (unpaired) electrons. The van der Waals surface area contributed by atoms with Gasteiger partial charge in [-0.25, -0.2) is 9.78 Å². The molecular weight excluding hydrogens is 406 g/mol. The Balaban J connectivity index is 2.21. The second-order valence-corrected chi connectivity index (χ2v) is 6.90. The zero-order valence-corrected chi connectivity index (χ0v) is 15.8. The van der Waals surface area contributed by atoms with Gasteiger partial charge in [0.05, 0.1) is 23.4 Å². The summed E-state index contributed by atoms with van der Waals surface area (Å²) in [6.07, 6.45) is -11.1. The number of carbonyl (C=O) groups excluding carboxylic acids is 1. The van der Waals surface area contributed by atoms with Crippen LogP contribution in [-0.2, 0) is 11.8 Å². The third kappa shape index (κ3) is 3.18. The van der Waals surface area contributed by atoms with Crippen molar-refractivity contribution in [3.63, 3.8) is 0 Å². The van der Waals surface area contributed by atoms with Crippen molar-refractivity contribution in [2.45, 2.75) is 32.6 Å². The van der Waals surface area contributed by atoms with Crippen molar-refractivity contribution in [3.8, 4) is 0 Å². The first-order valence-electron chi connectivity index (χ1n) is 8.72. The Morgan fingerprint density at radius 1 is 1.24 bits per heavy atom. The summed E-state index contributed by atoms with van der Waals surface area (Å²) >= 11 is 0. The quantitative estimate of drug-likeness (QED) is 0.555. The molecule has 0 bridgehead atoms. The van der Waals surface area contributed by atoms with Crippen LogP contribution >= 0.6 is 0 Å². The molecular formula is C17H18F6N4O2. The fourth-order valence-electron chi connectivity index (χ4n) is 3.70. The van der Waals surface area contributed by atoms with E-state index in [1.54, 1.807) is 6.92 Å². The predicted octanol–water partition coefficient (Wildman–Crippen LogP) is 3.77. The van der Waals surface area contributed by atoms with Gasteiger partial charge in [0, 0.05) is 26.3 Å². The second-order valence-electron chi connectivity index (χ2n) is 6.90. The number of aromatic nitrogens is 3. The molecule has 0 atom stereocenters. The van der Waals surface area contributed by atoms with Crippen LogP contribution in [0.1, 0.15) is 29.4 Å². The Hall–Kier alpha value is -2.53. The van der Waals surface area contributed by atoms with Gasteiger partial charge in [-0.2, -0.15) is 31.4 Å². The van der Waals surface area contributed by atoms with Crippen LogP contribution in [0.2, 0.25) is 0 Å². The lowest BCUT2D eigenvalue weighted by Crippen LogP contribution is -2.51. The van der Waals surface area contributed by atoms with E-state index in [9.17, 15) is 31.1 Å². The van der Waals surface area contributed by atoms with Crippen molar-refractivity contribution in [1.29, 1.82) is 0 Å². The smallest absolute Gasteiger partial charge is 0.404 e. The molecule has 0 aliphatic carbocycles. The molecule has 6 nitrogen and oxygen atoms in total. The Kier molecular flexibility index (Phi) is 4.94.